The average molecular weight is 719 g/mol. The summed E-state index contributed by atoms with van der Waals surface area (Å²) in [6, 6.07) is 67.8. The van der Waals surface area contributed by atoms with Crippen LogP contribution < -0.4 is 0 Å². The van der Waals surface area contributed by atoms with Gasteiger partial charge in [0, 0.05) is 30.9 Å². The van der Waals surface area contributed by atoms with Crippen LogP contribution in [0.25, 0.3) is 117 Å². The van der Waals surface area contributed by atoms with Gasteiger partial charge in [-0.3, -0.25) is 0 Å². The van der Waals surface area contributed by atoms with Gasteiger partial charge in [-0.2, -0.15) is 0 Å². The summed E-state index contributed by atoms with van der Waals surface area (Å²) < 4.78 is 5.51. The van der Waals surface area contributed by atoms with E-state index in [9.17, 15) is 0 Å². The minimum Gasteiger partial charge on any atom is -0.134 e. The molecule has 0 spiro atoms. The van der Waals surface area contributed by atoms with Crippen LogP contribution in [0.5, 0.6) is 0 Å². The highest BCUT2D eigenvalue weighted by atomic mass is 32.1. The van der Waals surface area contributed by atoms with Gasteiger partial charge in [-0.05, 0) is 113 Å². The molecule has 0 saturated heterocycles. The Morgan fingerprint density at radius 3 is 1.48 bits per heavy atom. The second kappa shape index (κ2) is 11.6. The van der Waals surface area contributed by atoms with E-state index in [-0.39, 0.29) is 0 Å². The molecule has 0 N–H and O–H groups in total. The molecule has 2 heterocycles. The Kier molecular flexibility index (Phi) is 6.48. The van der Waals surface area contributed by atoms with Gasteiger partial charge < -0.3 is 0 Å². The van der Waals surface area contributed by atoms with Crippen molar-refractivity contribution in [2.45, 2.75) is 0 Å². The average Bonchev–Trinajstić information content (AvgIpc) is 3.79. The summed E-state index contributed by atoms with van der Waals surface area (Å²) in [6.45, 7) is 0. The van der Waals surface area contributed by atoms with Crippen LogP contribution in [0.1, 0.15) is 0 Å². The predicted molar refractivity (Wildman–Crippen MR) is 239 cm³/mol. The molecule has 0 saturated carbocycles. The van der Waals surface area contributed by atoms with E-state index in [2.05, 4.69) is 182 Å². The molecule has 0 radical (unpaired) electrons. The van der Waals surface area contributed by atoms with Crippen LogP contribution in [0.15, 0.2) is 182 Å². The third-order valence-corrected chi connectivity index (χ3v) is 13.9. The van der Waals surface area contributed by atoms with E-state index >= 15 is 0 Å². The quantitative estimate of drug-likeness (QED) is 0.160. The Morgan fingerprint density at radius 2 is 0.741 bits per heavy atom. The van der Waals surface area contributed by atoms with Crippen molar-refractivity contribution in [2.24, 2.45) is 0 Å². The molecule has 0 aliphatic rings. The first-order valence-electron chi connectivity index (χ1n) is 18.5. The van der Waals surface area contributed by atoms with Crippen molar-refractivity contribution in [3.05, 3.63) is 182 Å². The summed E-state index contributed by atoms with van der Waals surface area (Å²) in [5, 5.41) is 15.6. The van der Waals surface area contributed by atoms with Gasteiger partial charge in [0.25, 0.3) is 0 Å². The van der Waals surface area contributed by atoms with E-state index in [1.54, 1.807) is 0 Å². The van der Waals surface area contributed by atoms with Gasteiger partial charge in [-0.25, -0.2) is 0 Å². The molecule has 12 aromatic rings. The second-order valence-corrected chi connectivity index (χ2v) is 16.5. The standard InChI is InChI=1S/C52H30S2/c1-2-11-32-26-37(23-20-31(32)10-1)50-42-17-5-3-15-40(42)49(41-16-4-6-18-43(41)50)36-13-9-12-33(27-36)34-21-22-35-29-46-45-25-24-44-39-14-7-8-19-47(39)53-51(44)52(45)54-48(46)30-38(35)28-34/h1-30H. The van der Waals surface area contributed by atoms with Gasteiger partial charge in [-0.15, -0.1) is 22.7 Å². The smallest absolute Gasteiger partial charge is 0.0534 e. The Morgan fingerprint density at radius 1 is 0.241 bits per heavy atom. The highest BCUT2D eigenvalue weighted by molar-refractivity contribution is 7.33. The highest BCUT2D eigenvalue weighted by Crippen LogP contribution is 2.47. The van der Waals surface area contributed by atoms with Crippen molar-refractivity contribution >= 4 is 106 Å². The molecule has 54 heavy (non-hydrogen) atoms. The molecule has 0 nitrogen and oxygen atoms in total. The van der Waals surface area contributed by atoms with Crippen LogP contribution in [0, 0.1) is 0 Å². The third-order valence-electron chi connectivity index (χ3n) is 11.4. The molecule has 2 aromatic heterocycles. The van der Waals surface area contributed by atoms with Gasteiger partial charge >= 0.3 is 0 Å². The lowest BCUT2D eigenvalue weighted by Gasteiger charge is -2.18. The maximum Gasteiger partial charge on any atom is 0.0534 e. The normalized spacial score (nSPS) is 12.1. The molecule has 12 rings (SSSR count). The summed E-state index contributed by atoms with van der Waals surface area (Å²) in [4.78, 5) is 0. The van der Waals surface area contributed by atoms with E-state index in [0.717, 1.165) is 0 Å². The minimum absolute atomic E-state index is 1.23. The van der Waals surface area contributed by atoms with Crippen molar-refractivity contribution < 1.29 is 0 Å². The van der Waals surface area contributed by atoms with E-state index < -0.39 is 0 Å². The third kappa shape index (κ3) is 4.48. The monoisotopic (exact) mass is 718 g/mol. The van der Waals surface area contributed by atoms with Gasteiger partial charge in [0.2, 0.25) is 0 Å². The summed E-state index contributed by atoms with van der Waals surface area (Å²) in [6.07, 6.45) is 0. The van der Waals surface area contributed by atoms with Crippen LogP contribution >= 0.6 is 22.7 Å². The first kappa shape index (κ1) is 30.2. The molecular formula is C52H30S2. The van der Waals surface area contributed by atoms with E-state index in [4.69, 9.17) is 0 Å². The van der Waals surface area contributed by atoms with Crippen molar-refractivity contribution in [1.82, 2.24) is 0 Å². The number of hydrogen-bond donors (Lipinski definition) is 0. The Labute approximate surface area is 319 Å². The first-order valence-corrected chi connectivity index (χ1v) is 20.1. The van der Waals surface area contributed by atoms with Gasteiger partial charge in [0.05, 0.1) is 9.40 Å². The molecule has 10 aromatic carbocycles. The first-order chi connectivity index (χ1) is 26.7. The summed E-state index contributed by atoms with van der Waals surface area (Å²) in [5.74, 6) is 0. The van der Waals surface area contributed by atoms with Gasteiger partial charge in [0.1, 0.15) is 0 Å². The van der Waals surface area contributed by atoms with Crippen LogP contribution in [0.4, 0.5) is 0 Å². The molecule has 2 heteroatoms. The van der Waals surface area contributed by atoms with E-state index in [1.165, 1.54) is 117 Å². The van der Waals surface area contributed by atoms with Crippen LogP contribution in [0.2, 0.25) is 0 Å². The van der Waals surface area contributed by atoms with E-state index in [0.29, 0.717) is 0 Å². The van der Waals surface area contributed by atoms with Crippen LogP contribution in [-0.4, -0.2) is 0 Å². The fourth-order valence-corrected chi connectivity index (χ4v) is 11.5. The van der Waals surface area contributed by atoms with Gasteiger partial charge in [-0.1, -0.05) is 146 Å². The zero-order valence-electron chi connectivity index (χ0n) is 29.1. The van der Waals surface area contributed by atoms with Crippen LogP contribution in [0.3, 0.4) is 0 Å². The topological polar surface area (TPSA) is 0 Å². The minimum atomic E-state index is 1.23. The molecule has 0 bridgehead atoms. The number of thiophene rings is 2. The van der Waals surface area contributed by atoms with Crippen molar-refractivity contribution in [3.63, 3.8) is 0 Å². The van der Waals surface area contributed by atoms with E-state index in [1.807, 2.05) is 22.7 Å². The maximum absolute atomic E-state index is 2.41. The maximum atomic E-state index is 2.41. The summed E-state index contributed by atoms with van der Waals surface area (Å²) >= 11 is 3.86. The fraction of sp³-hybridized carbons (Fsp3) is 0. The molecule has 250 valence electrons. The molecule has 0 amide bonds. The SMILES string of the molecule is c1cc(-c2ccc3cc4c(cc3c2)sc2c4ccc3c4ccccc4sc32)cc(-c2c3ccccc3c(-c3ccc4ccccc4c3)c3ccccc23)c1. The predicted octanol–water partition coefficient (Wildman–Crippen LogP) is 16.0. The lowest BCUT2D eigenvalue weighted by Crippen LogP contribution is -1.91. The highest BCUT2D eigenvalue weighted by Gasteiger charge is 2.18. The lowest BCUT2D eigenvalue weighted by atomic mass is 9.85. The lowest BCUT2D eigenvalue weighted by molar-refractivity contribution is 1.63. The molecule has 0 atom stereocenters. The van der Waals surface area contributed by atoms with Crippen molar-refractivity contribution in [3.8, 4) is 33.4 Å². The Bertz CT molecular complexity index is 3450. The number of hydrogen-bond acceptors (Lipinski definition) is 2. The van der Waals surface area contributed by atoms with Gasteiger partial charge in [0.15, 0.2) is 0 Å². The molecular weight excluding hydrogens is 689 g/mol. The van der Waals surface area contributed by atoms with Crippen molar-refractivity contribution in [2.75, 3.05) is 0 Å². The number of benzene rings is 10. The Hall–Kier alpha value is -6.32. The second-order valence-electron chi connectivity index (χ2n) is 14.4. The summed E-state index contributed by atoms with van der Waals surface area (Å²) in [5.41, 5.74) is 7.52. The largest absolute Gasteiger partial charge is 0.134 e. The fourth-order valence-electron chi connectivity index (χ4n) is 8.89. The zero-order valence-corrected chi connectivity index (χ0v) is 30.8. The molecule has 0 aliphatic heterocycles. The number of fused-ring (bicyclic) bond motifs is 11. The molecule has 0 fully saturated rings. The number of rotatable bonds is 3. The zero-order chi connectivity index (χ0) is 35.3. The Balaban J connectivity index is 1.01. The molecule has 0 unspecified atom stereocenters. The molecule has 0 aliphatic carbocycles. The van der Waals surface area contributed by atoms with Crippen molar-refractivity contribution in [1.29, 1.82) is 0 Å². The summed E-state index contributed by atoms with van der Waals surface area (Å²) in [7, 11) is 0. The van der Waals surface area contributed by atoms with Crippen LogP contribution in [-0.2, 0) is 0 Å².